The molecule has 0 aliphatic carbocycles. The van der Waals surface area contributed by atoms with Gasteiger partial charge in [-0.05, 0) is 60.9 Å². The quantitative estimate of drug-likeness (QED) is 0.937. The summed E-state index contributed by atoms with van der Waals surface area (Å²) >= 11 is 0. The standard InChI is InChI=1S/C17H15FN2O/c1-12-10-16(18)7-6-14(12)8-9-20-17(21)15-4-2-13(11-19)3-5-15/h2-7,10H,8-9H2,1H3,(H,20,21). The summed E-state index contributed by atoms with van der Waals surface area (Å²) in [5.41, 5.74) is 2.93. The number of hydrogen-bond donors (Lipinski definition) is 1. The highest BCUT2D eigenvalue weighted by Crippen LogP contribution is 2.10. The van der Waals surface area contributed by atoms with Crippen molar-refractivity contribution in [3.63, 3.8) is 0 Å². The highest BCUT2D eigenvalue weighted by atomic mass is 19.1. The van der Waals surface area contributed by atoms with Gasteiger partial charge >= 0.3 is 0 Å². The Hall–Kier alpha value is -2.67. The molecule has 106 valence electrons. The molecule has 3 nitrogen and oxygen atoms in total. The maximum Gasteiger partial charge on any atom is 0.251 e. The van der Waals surface area contributed by atoms with E-state index < -0.39 is 0 Å². The topological polar surface area (TPSA) is 52.9 Å². The van der Waals surface area contributed by atoms with Crippen molar-refractivity contribution in [1.29, 1.82) is 5.26 Å². The molecule has 0 radical (unpaired) electrons. The van der Waals surface area contributed by atoms with Crippen LogP contribution in [0.15, 0.2) is 42.5 Å². The molecule has 0 aliphatic rings. The van der Waals surface area contributed by atoms with Gasteiger partial charge in [-0.15, -0.1) is 0 Å². The molecule has 0 aliphatic heterocycles. The van der Waals surface area contributed by atoms with Gasteiger partial charge < -0.3 is 5.32 Å². The number of nitrogens with one attached hydrogen (secondary N) is 1. The first-order valence-corrected chi connectivity index (χ1v) is 6.63. The van der Waals surface area contributed by atoms with Crippen LogP contribution in [0.5, 0.6) is 0 Å². The molecule has 1 amide bonds. The fraction of sp³-hybridized carbons (Fsp3) is 0.176. The average molecular weight is 282 g/mol. The fourth-order valence-corrected chi connectivity index (χ4v) is 2.05. The third-order valence-corrected chi connectivity index (χ3v) is 3.26. The van der Waals surface area contributed by atoms with Crippen LogP contribution in [0.1, 0.15) is 27.0 Å². The largest absolute Gasteiger partial charge is 0.352 e. The Bertz CT molecular complexity index is 687. The molecule has 2 rings (SSSR count). The first-order valence-electron chi connectivity index (χ1n) is 6.63. The predicted octanol–water partition coefficient (Wildman–Crippen LogP) is 2.98. The molecule has 4 heteroatoms. The molecule has 0 bridgehead atoms. The predicted molar refractivity (Wildman–Crippen MR) is 78.3 cm³/mol. The molecule has 0 aromatic heterocycles. The Morgan fingerprint density at radius 2 is 1.95 bits per heavy atom. The van der Waals surface area contributed by atoms with Crippen LogP contribution in [0, 0.1) is 24.1 Å². The number of aryl methyl sites for hydroxylation is 1. The lowest BCUT2D eigenvalue weighted by Gasteiger charge is -2.08. The van der Waals surface area contributed by atoms with Crippen LogP contribution in [-0.4, -0.2) is 12.5 Å². The van der Waals surface area contributed by atoms with E-state index in [0.717, 1.165) is 11.1 Å². The number of halogens is 1. The van der Waals surface area contributed by atoms with Crippen molar-refractivity contribution in [3.8, 4) is 6.07 Å². The molecule has 0 saturated heterocycles. The van der Waals surface area contributed by atoms with E-state index in [4.69, 9.17) is 5.26 Å². The molecule has 0 atom stereocenters. The smallest absolute Gasteiger partial charge is 0.251 e. The van der Waals surface area contributed by atoms with Gasteiger partial charge in [0.1, 0.15) is 5.82 Å². The van der Waals surface area contributed by atoms with Crippen molar-refractivity contribution >= 4 is 5.91 Å². The fourth-order valence-electron chi connectivity index (χ4n) is 2.05. The lowest BCUT2D eigenvalue weighted by molar-refractivity contribution is 0.0954. The second-order valence-electron chi connectivity index (χ2n) is 4.77. The number of nitriles is 1. The van der Waals surface area contributed by atoms with E-state index in [-0.39, 0.29) is 11.7 Å². The van der Waals surface area contributed by atoms with Crippen LogP contribution in [-0.2, 0) is 6.42 Å². The van der Waals surface area contributed by atoms with E-state index in [9.17, 15) is 9.18 Å². The first kappa shape index (κ1) is 14.7. The summed E-state index contributed by atoms with van der Waals surface area (Å²) in [5.74, 6) is -0.433. The molecular formula is C17H15FN2O. The van der Waals surface area contributed by atoms with E-state index in [2.05, 4.69) is 5.32 Å². The number of carbonyl (C=O) groups excluding carboxylic acids is 1. The third kappa shape index (κ3) is 3.90. The van der Waals surface area contributed by atoms with Crippen molar-refractivity contribution in [2.75, 3.05) is 6.54 Å². The zero-order valence-electron chi connectivity index (χ0n) is 11.7. The van der Waals surface area contributed by atoms with Gasteiger partial charge in [-0.1, -0.05) is 6.07 Å². The molecule has 21 heavy (non-hydrogen) atoms. The second kappa shape index (κ2) is 6.67. The number of benzene rings is 2. The number of amides is 1. The maximum atomic E-state index is 13.0. The minimum absolute atomic E-state index is 0.181. The zero-order valence-corrected chi connectivity index (χ0v) is 11.7. The molecule has 0 fully saturated rings. The van der Waals surface area contributed by atoms with Gasteiger partial charge in [0.05, 0.1) is 11.6 Å². The van der Waals surface area contributed by atoms with Gasteiger partial charge in [0.15, 0.2) is 0 Å². The van der Waals surface area contributed by atoms with Gasteiger partial charge in [0, 0.05) is 12.1 Å². The Kier molecular flexibility index (Phi) is 4.68. The monoisotopic (exact) mass is 282 g/mol. The van der Waals surface area contributed by atoms with Gasteiger partial charge in [0.25, 0.3) is 5.91 Å². The lowest BCUT2D eigenvalue weighted by Crippen LogP contribution is -2.25. The van der Waals surface area contributed by atoms with E-state index in [0.29, 0.717) is 24.1 Å². The summed E-state index contributed by atoms with van der Waals surface area (Å²) in [6, 6.07) is 13.1. The first-order chi connectivity index (χ1) is 10.1. The highest BCUT2D eigenvalue weighted by molar-refractivity contribution is 5.94. The zero-order chi connectivity index (χ0) is 15.2. The van der Waals surface area contributed by atoms with E-state index in [1.165, 1.54) is 12.1 Å². The minimum Gasteiger partial charge on any atom is -0.352 e. The van der Waals surface area contributed by atoms with Crippen LogP contribution in [0.25, 0.3) is 0 Å². The molecule has 2 aromatic carbocycles. The molecule has 0 spiro atoms. The van der Waals surface area contributed by atoms with Gasteiger partial charge in [-0.25, -0.2) is 4.39 Å². The van der Waals surface area contributed by atoms with Crippen molar-refractivity contribution in [1.82, 2.24) is 5.32 Å². The van der Waals surface area contributed by atoms with Crippen LogP contribution < -0.4 is 5.32 Å². The molecule has 0 heterocycles. The molecule has 0 unspecified atom stereocenters. The van der Waals surface area contributed by atoms with E-state index >= 15 is 0 Å². The average Bonchev–Trinajstić information content (AvgIpc) is 2.49. The van der Waals surface area contributed by atoms with Crippen molar-refractivity contribution in [3.05, 3.63) is 70.5 Å². The summed E-state index contributed by atoms with van der Waals surface area (Å²) in [5, 5.41) is 11.5. The van der Waals surface area contributed by atoms with Crippen LogP contribution in [0.4, 0.5) is 4.39 Å². The van der Waals surface area contributed by atoms with Crippen molar-refractivity contribution < 1.29 is 9.18 Å². The molecular weight excluding hydrogens is 267 g/mol. The molecule has 0 saturated carbocycles. The molecule has 1 N–H and O–H groups in total. The summed E-state index contributed by atoms with van der Waals surface area (Å²) in [4.78, 5) is 11.9. The van der Waals surface area contributed by atoms with Gasteiger partial charge in [0.2, 0.25) is 0 Å². The van der Waals surface area contributed by atoms with Crippen molar-refractivity contribution in [2.24, 2.45) is 0 Å². The highest BCUT2D eigenvalue weighted by Gasteiger charge is 2.06. The van der Waals surface area contributed by atoms with Crippen LogP contribution in [0.2, 0.25) is 0 Å². The summed E-state index contributed by atoms with van der Waals surface area (Å²) in [6.07, 6.45) is 0.647. The SMILES string of the molecule is Cc1cc(F)ccc1CCNC(=O)c1ccc(C#N)cc1. The summed E-state index contributed by atoms with van der Waals surface area (Å²) < 4.78 is 13.0. The normalized spacial score (nSPS) is 9.95. The summed E-state index contributed by atoms with van der Waals surface area (Å²) in [7, 11) is 0. The minimum atomic E-state index is -0.252. The maximum absolute atomic E-state index is 13.0. The Balaban J connectivity index is 1.90. The van der Waals surface area contributed by atoms with Gasteiger partial charge in [-0.3, -0.25) is 4.79 Å². The second-order valence-corrected chi connectivity index (χ2v) is 4.77. The summed E-state index contributed by atoms with van der Waals surface area (Å²) in [6.45, 7) is 2.33. The number of rotatable bonds is 4. The van der Waals surface area contributed by atoms with Crippen LogP contribution >= 0.6 is 0 Å². The van der Waals surface area contributed by atoms with E-state index in [1.807, 2.05) is 13.0 Å². The third-order valence-electron chi connectivity index (χ3n) is 3.26. The lowest BCUT2D eigenvalue weighted by atomic mass is 10.1. The molecule has 2 aromatic rings. The Labute approximate surface area is 123 Å². The Morgan fingerprint density at radius 1 is 1.24 bits per heavy atom. The Morgan fingerprint density at radius 3 is 2.57 bits per heavy atom. The number of nitrogens with zero attached hydrogens (tertiary/aromatic N) is 1. The number of hydrogen-bond acceptors (Lipinski definition) is 2. The number of carbonyl (C=O) groups is 1. The van der Waals surface area contributed by atoms with Gasteiger partial charge in [-0.2, -0.15) is 5.26 Å². The van der Waals surface area contributed by atoms with Crippen molar-refractivity contribution in [2.45, 2.75) is 13.3 Å². The van der Waals surface area contributed by atoms with E-state index in [1.54, 1.807) is 30.3 Å². The van der Waals surface area contributed by atoms with Crippen LogP contribution in [0.3, 0.4) is 0 Å².